The summed E-state index contributed by atoms with van der Waals surface area (Å²) in [7, 11) is -1.40. The van der Waals surface area contributed by atoms with Crippen LogP contribution in [-0.4, -0.2) is 39.5 Å². The van der Waals surface area contributed by atoms with Gasteiger partial charge in [0.05, 0.1) is 0 Å². The van der Waals surface area contributed by atoms with Crippen molar-refractivity contribution in [2.45, 2.75) is 64.3 Å². The monoisotopic (exact) mass is 331 g/mol. The molecule has 2 atom stereocenters. The Morgan fingerprint density at radius 2 is 1.86 bits per heavy atom. The highest BCUT2D eigenvalue weighted by molar-refractivity contribution is 7.84. The Morgan fingerprint density at radius 3 is 2.33 bits per heavy atom. The summed E-state index contributed by atoms with van der Waals surface area (Å²) >= 11 is 0. The van der Waals surface area contributed by atoms with Crippen LogP contribution in [0.3, 0.4) is 0 Å². The third-order valence-corrected chi connectivity index (χ3v) is 4.45. The summed E-state index contributed by atoms with van der Waals surface area (Å²) in [6.45, 7) is 5.38. The van der Waals surface area contributed by atoms with Gasteiger partial charge in [-0.1, -0.05) is 6.92 Å². The van der Waals surface area contributed by atoms with Crippen LogP contribution in [0.15, 0.2) is 0 Å². The maximum Gasteiger partial charge on any atom is 0.389 e. The molecule has 0 rings (SSSR count). The highest BCUT2D eigenvalue weighted by Gasteiger charge is 2.27. The van der Waals surface area contributed by atoms with Crippen molar-refractivity contribution in [1.82, 2.24) is 0 Å². The highest BCUT2D eigenvalue weighted by atomic mass is 32.2. The normalized spacial score (nSPS) is 15.6. The molecule has 0 aliphatic carbocycles. The fraction of sp³-hybridized carbons (Fsp3) is 0.923. The van der Waals surface area contributed by atoms with Gasteiger partial charge < -0.3 is 10.5 Å². The number of hydrogen-bond donors (Lipinski definition) is 1. The number of carbonyl (C=O) groups is 1. The van der Waals surface area contributed by atoms with E-state index < -0.39 is 41.0 Å². The molecule has 0 bridgehead atoms. The van der Waals surface area contributed by atoms with Gasteiger partial charge in [-0.3, -0.25) is 9.00 Å². The molecule has 4 nitrogen and oxygen atoms in total. The fourth-order valence-electron chi connectivity index (χ4n) is 1.33. The van der Waals surface area contributed by atoms with E-state index in [0.717, 1.165) is 0 Å². The van der Waals surface area contributed by atoms with E-state index in [1.54, 1.807) is 13.8 Å². The van der Waals surface area contributed by atoms with Gasteiger partial charge in [0.1, 0.15) is 11.6 Å². The molecule has 0 fully saturated rings. The number of esters is 1. The Bertz CT molecular complexity index is 359. The smallest absolute Gasteiger partial charge is 0.389 e. The van der Waals surface area contributed by atoms with Crippen LogP contribution < -0.4 is 5.73 Å². The molecule has 0 heterocycles. The molecule has 2 unspecified atom stereocenters. The lowest BCUT2D eigenvalue weighted by molar-refractivity contribution is -0.158. The number of carbonyl (C=O) groups excluding carboxylic acids is 1. The van der Waals surface area contributed by atoms with E-state index in [2.05, 4.69) is 0 Å². The van der Waals surface area contributed by atoms with Crippen molar-refractivity contribution in [2.24, 2.45) is 5.73 Å². The van der Waals surface area contributed by atoms with Gasteiger partial charge in [0.15, 0.2) is 0 Å². The zero-order valence-electron chi connectivity index (χ0n) is 12.7. The van der Waals surface area contributed by atoms with Gasteiger partial charge in [0, 0.05) is 28.7 Å². The van der Waals surface area contributed by atoms with Crippen LogP contribution in [-0.2, 0) is 20.3 Å². The van der Waals surface area contributed by atoms with Crippen LogP contribution in [0, 0.1) is 0 Å². The van der Waals surface area contributed by atoms with Gasteiger partial charge in [-0.2, -0.15) is 13.2 Å². The molecule has 0 aromatic carbocycles. The summed E-state index contributed by atoms with van der Waals surface area (Å²) in [5, 5.41) is 0. The standard InChI is InChI=1S/C13H24F3NO3S/c1-4-12(2,3)20-11(18)10(17)6-9-21(19)8-5-7-13(14,15)16/h10H,4-9,17H2,1-3H3. The van der Waals surface area contributed by atoms with Crippen molar-refractivity contribution < 1.29 is 26.9 Å². The predicted octanol–water partition coefficient (Wildman–Crippen LogP) is 2.53. The number of ether oxygens (including phenoxy) is 1. The first-order chi connectivity index (χ1) is 9.47. The molecule has 0 saturated heterocycles. The van der Waals surface area contributed by atoms with Crippen LogP contribution in [0.25, 0.3) is 0 Å². The molecular weight excluding hydrogens is 307 g/mol. The number of hydrogen-bond acceptors (Lipinski definition) is 4. The fourth-order valence-corrected chi connectivity index (χ4v) is 2.52. The van der Waals surface area contributed by atoms with Crippen molar-refractivity contribution in [2.75, 3.05) is 11.5 Å². The maximum atomic E-state index is 11.9. The van der Waals surface area contributed by atoms with E-state index in [4.69, 9.17) is 10.5 Å². The van der Waals surface area contributed by atoms with Gasteiger partial charge >= 0.3 is 12.1 Å². The third kappa shape index (κ3) is 10.7. The lowest BCUT2D eigenvalue weighted by Crippen LogP contribution is -2.39. The van der Waals surface area contributed by atoms with Crippen LogP contribution in [0.1, 0.15) is 46.5 Å². The van der Waals surface area contributed by atoms with Crippen LogP contribution in [0.5, 0.6) is 0 Å². The van der Waals surface area contributed by atoms with Crippen molar-refractivity contribution in [3.63, 3.8) is 0 Å². The second-order valence-corrected chi connectivity index (χ2v) is 7.19. The van der Waals surface area contributed by atoms with E-state index in [9.17, 15) is 22.2 Å². The van der Waals surface area contributed by atoms with E-state index in [0.29, 0.717) is 6.42 Å². The SMILES string of the molecule is CCC(C)(C)OC(=O)C(N)CCS(=O)CCCC(F)(F)F. The van der Waals surface area contributed by atoms with Gasteiger partial charge in [-0.25, -0.2) is 0 Å². The quantitative estimate of drug-likeness (QED) is 0.659. The van der Waals surface area contributed by atoms with Crippen LogP contribution >= 0.6 is 0 Å². The first-order valence-corrected chi connectivity index (χ1v) is 8.36. The first kappa shape index (κ1) is 20.4. The van der Waals surface area contributed by atoms with E-state index in [1.165, 1.54) is 0 Å². The van der Waals surface area contributed by atoms with Crippen molar-refractivity contribution >= 4 is 16.8 Å². The van der Waals surface area contributed by atoms with Crippen molar-refractivity contribution in [3.05, 3.63) is 0 Å². The summed E-state index contributed by atoms with van der Waals surface area (Å²) < 4.78 is 52.5. The summed E-state index contributed by atoms with van der Waals surface area (Å²) in [6.07, 6.45) is -4.58. The average Bonchev–Trinajstić information content (AvgIpc) is 2.33. The molecule has 8 heteroatoms. The zero-order chi connectivity index (χ0) is 16.7. The number of alkyl halides is 3. The minimum absolute atomic E-state index is 0.0399. The maximum absolute atomic E-state index is 11.9. The minimum Gasteiger partial charge on any atom is -0.459 e. The van der Waals surface area contributed by atoms with Crippen LogP contribution in [0.2, 0.25) is 0 Å². The Balaban J connectivity index is 3.99. The average molecular weight is 331 g/mol. The van der Waals surface area contributed by atoms with Crippen molar-refractivity contribution in [1.29, 1.82) is 0 Å². The molecule has 0 aliphatic heterocycles. The topological polar surface area (TPSA) is 69.4 Å². The van der Waals surface area contributed by atoms with Crippen molar-refractivity contribution in [3.8, 4) is 0 Å². The second-order valence-electron chi connectivity index (χ2n) is 5.50. The summed E-state index contributed by atoms with van der Waals surface area (Å²) in [4.78, 5) is 11.7. The summed E-state index contributed by atoms with van der Waals surface area (Å²) in [5.41, 5.74) is 5.03. The summed E-state index contributed by atoms with van der Waals surface area (Å²) in [6, 6.07) is -0.901. The van der Waals surface area contributed by atoms with E-state index in [1.807, 2.05) is 6.92 Å². The Kier molecular flexibility index (Phi) is 8.46. The molecule has 0 saturated carbocycles. The lowest BCUT2D eigenvalue weighted by Gasteiger charge is -2.25. The molecular formula is C13H24F3NO3S. The molecule has 0 aromatic heterocycles. The van der Waals surface area contributed by atoms with Gasteiger partial charge in [-0.05, 0) is 33.1 Å². The van der Waals surface area contributed by atoms with E-state index >= 15 is 0 Å². The van der Waals surface area contributed by atoms with Gasteiger partial charge in [0.2, 0.25) is 0 Å². The molecule has 126 valence electrons. The van der Waals surface area contributed by atoms with Crippen LogP contribution in [0.4, 0.5) is 13.2 Å². The second kappa shape index (κ2) is 8.73. The molecule has 2 N–H and O–H groups in total. The molecule has 0 amide bonds. The molecule has 0 aromatic rings. The minimum atomic E-state index is -4.23. The molecule has 21 heavy (non-hydrogen) atoms. The highest BCUT2D eigenvalue weighted by Crippen LogP contribution is 2.21. The van der Waals surface area contributed by atoms with Gasteiger partial charge in [-0.15, -0.1) is 0 Å². The molecule has 0 radical (unpaired) electrons. The van der Waals surface area contributed by atoms with Gasteiger partial charge in [0.25, 0.3) is 0 Å². The third-order valence-electron chi connectivity index (χ3n) is 3.02. The first-order valence-electron chi connectivity index (χ1n) is 6.87. The molecule has 0 spiro atoms. The molecule has 0 aliphatic rings. The largest absolute Gasteiger partial charge is 0.459 e. The Morgan fingerprint density at radius 1 is 1.29 bits per heavy atom. The number of halogens is 3. The lowest BCUT2D eigenvalue weighted by atomic mass is 10.1. The summed E-state index contributed by atoms with van der Waals surface area (Å²) in [5.74, 6) is -0.517. The Labute approximate surface area is 126 Å². The van der Waals surface area contributed by atoms with E-state index in [-0.39, 0.29) is 24.3 Å². The zero-order valence-corrected chi connectivity index (χ0v) is 13.5. The number of nitrogens with two attached hydrogens (primary N) is 1. The predicted molar refractivity (Wildman–Crippen MR) is 76.2 cm³/mol. The number of rotatable bonds is 9. The Hall–Kier alpha value is -0.630.